The summed E-state index contributed by atoms with van der Waals surface area (Å²) in [6, 6.07) is 11.7. The van der Waals surface area contributed by atoms with Crippen LogP contribution in [0.25, 0.3) is 0 Å². The Hall–Kier alpha value is -1.39. The van der Waals surface area contributed by atoms with Gasteiger partial charge in [-0.2, -0.15) is 0 Å². The van der Waals surface area contributed by atoms with E-state index in [2.05, 4.69) is 21.2 Å². The number of rotatable bonds is 3. The van der Waals surface area contributed by atoms with E-state index in [4.69, 9.17) is 11.6 Å². The fourth-order valence-corrected chi connectivity index (χ4v) is 2.26. The van der Waals surface area contributed by atoms with Gasteiger partial charge in [0.2, 0.25) is 0 Å². The van der Waals surface area contributed by atoms with Crippen LogP contribution in [0.5, 0.6) is 0 Å². The number of carbonyl (C=O) groups is 1. The van der Waals surface area contributed by atoms with Gasteiger partial charge in [0.05, 0.1) is 10.6 Å². The molecular formula is C14H10BrClFNO. The van der Waals surface area contributed by atoms with Gasteiger partial charge < -0.3 is 5.32 Å². The summed E-state index contributed by atoms with van der Waals surface area (Å²) in [6.07, 6.45) is 0. The van der Waals surface area contributed by atoms with Crippen LogP contribution < -0.4 is 5.32 Å². The quantitative estimate of drug-likeness (QED) is 0.891. The van der Waals surface area contributed by atoms with Gasteiger partial charge in [-0.3, -0.25) is 4.79 Å². The van der Waals surface area contributed by atoms with E-state index in [9.17, 15) is 9.18 Å². The standard InChI is InChI=1S/C14H10BrClFNO/c15-10-4-1-3-9(7-10)8-18-14(19)11-5-2-6-12(17)13(11)16/h1-7H,8H2,(H,18,19). The third-order valence-electron chi connectivity index (χ3n) is 2.54. The highest BCUT2D eigenvalue weighted by Gasteiger charge is 2.12. The molecule has 0 unspecified atom stereocenters. The van der Waals surface area contributed by atoms with Crippen LogP contribution in [0.1, 0.15) is 15.9 Å². The lowest BCUT2D eigenvalue weighted by Crippen LogP contribution is -2.23. The molecule has 2 aromatic carbocycles. The molecule has 0 saturated heterocycles. The molecule has 1 amide bonds. The molecule has 0 atom stereocenters. The Morgan fingerprint density at radius 3 is 2.74 bits per heavy atom. The first-order valence-corrected chi connectivity index (χ1v) is 6.71. The van der Waals surface area contributed by atoms with Crippen molar-refractivity contribution < 1.29 is 9.18 Å². The van der Waals surface area contributed by atoms with Crippen molar-refractivity contribution in [2.45, 2.75) is 6.54 Å². The minimum atomic E-state index is -0.600. The topological polar surface area (TPSA) is 29.1 Å². The van der Waals surface area contributed by atoms with Gasteiger partial charge in [0.15, 0.2) is 0 Å². The molecule has 0 aliphatic carbocycles. The molecule has 0 spiro atoms. The maximum atomic E-state index is 13.2. The lowest BCUT2D eigenvalue weighted by Gasteiger charge is -2.07. The number of benzene rings is 2. The Morgan fingerprint density at radius 2 is 2.00 bits per heavy atom. The maximum absolute atomic E-state index is 13.2. The van der Waals surface area contributed by atoms with E-state index in [1.807, 2.05) is 24.3 Å². The van der Waals surface area contributed by atoms with Crippen molar-refractivity contribution in [3.63, 3.8) is 0 Å². The highest BCUT2D eigenvalue weighted by atomic mass is 79.9. The SMILES string of the molecule is O=C(NCc1cccc(Br)c1)c1cccc(F)c1Cl. The van der Waals surface area contributed by atoms with Crippen LogP contribution in [0.2, 0.25) is 5.02 Å². The van der Waals surface area contributed by atoms with Crippen molar-refractivity contribution in [1.82, 2.24) is 5.32 Å². The molecule has 1 N–H and O–H groups in total. The third-order valence-corrected chi connectivity index (χ3v) is 3.42. The molecule has 0 aliphatic rings. The lowest BCUT2D eigenvalue weighted by atomic mass is 10.2. The second-order valence-corrected chi connectivity index (χ2v) is 5.21. The Labute approximate surface area is 123 Å². The summed E-state index contributed by atoms with van der Waals surface area (Å²) < 4.78 is 14.2. The van der Waals surface area contributed by atoms with Crippen LogP contribution in [0.4, 0.5) is 4.39 Å². The number of carbonyl (C=O) groups excluding carboxylic acids is 1. The van der Waals surface area contributed by atoms with Crippen molar-refractivity contribution in [1.29, 1.82) is 0 Å². The molecule has 5 heteroatoms. The molecular weight excluding hydrogens is 333 g/mol. The molecule has 2 aromatic rings. The van der Waals surface area contributed by atoms with Crippen molar-refractivity contribution in [3.8, 4) is 0 Å². The molecule has 98 valence electrons. The number of nitrogens with one attached hydrogen (secondary N) is 1. The molecule has 0 aliphatic heterocycles. The van der Waals surface area contributed by atoms with Gasteiger partial charge in [-0.25, -0.2) is 4.39 Å². The lowest BCUT2D eigenvalue weighted by molar-refractivity contribution is 0.0950. The normalized spacial score (nSPS) is 10.3. The molecule has 0 fully saturated rings. The number of amides is 1. The highest BCUT2D eigenvalue weighted by molar-refractivity contribution is 9.10. The number of hydrogen-bond acceptors (Lipinski definition) is 1. The van der Waals surface area contributed by atoms with Crippen LogP contribution in [-0.4, -0.2) is 5.91 Å². The summed E-state index contributed by atoms with van der Waals surface area (Å²) >= 11 is 9.10. The van der Waals surface area contributed by atoms with Gasteiger partial charge in [0, 0.05) is 11.0 Å². The summed E-state index contributed by atoms with van der Waals surface area (Å²) in [5, 5.41) is 2.54. The summed E-state index contributed by atoms with van der Waals surface area (Å²) in [5.74, 6) is -0.999. The Kier molecular flexibility index (Phi) is 4.56. The van der Waals surface area contributed by atoms with E-state index in [0.29, 0.717) is 6.54 Å². The molecule has 0 heterocycles. The van der Waals surface area contributed by atoms with Gasteiger partial charge in [0.25, 0.3) is 5.91 Å². The van der Waals surface area contributed by atoms with Crippen LogP contribution >= 0.6 is 27.5 Å². The first-order chi connectivity index (χ1) is 9.08. The van der Waals surface area contributed by atoms with Gasteiger partial charge in [-0.1, -0.05) is 45.7 Å². The van der Waals surface area contributed by atoms with E-state index < -0.39 is 11.7 Å². The zero-order valence-electron chi connectivity index (χ0n) is 9.79. The predicted octanol–water partition coefficient (Wildman–Crippen LogP) is 4.17. The van der Waals surface area contributed by atoms with E-state index in [0.717, 1.165) is 10.0 Å². The second-order valence-electron chi connectivity index (χ2n) is 3.91. The molecule has 2 rings (SSSR count). The zero-order valence-corrected chi connectivity index (χ0v) is 12.1. The van der Waals surface area contributed by atoms with Crippen molar-refractivity contribution in [3.05, 3.63) is 68.9 Å². The van der Waals surface area contributed by atoms with Gasteiger partial charge >= 0.3 is 0 Å². The third kappa shape index (κ3) is 3.55. The van der Waals surface area contributed by atoms with E-state index in [-0.39, 0.29) is 10.6 Å². The first-order valence-electron chi connectivity index (χ1n) is 5.54. The Balaban J connectivity index is 2.08. The van der Waals surface area contributed by atoms with Crippen LogP contribution in [0.3, 0.4) is 0 Å². The summed E-state index contributed by atoms with van der Waals surface area (Å²) in [6.45, 7) is 0.352. The average molecular weight is 343 g/mol. The fraction of sp³-hybridized carbons (Fsp3) is 0.0714. The van der Waals surface area contributed by atoms with Crippen molar-refractivity contribution in [2.75, 3.05) is 0 Å². The first kappa shape index (κ1) is 14.0. The molecule has 19 heavy (non-hydrogen) atoms. The minimum absolute atomic E-state index is 0.136. The fourth-order valence-electron chi connectivity index (χ4n) is 1.60. The maximum Gasteiger partial charge on any atom is 0.253 e. The smallest absolute Gasteiger partial charge is 0.253 e. The van der Waals surface area contributed by atoms with Gasteiger partial charge in [0.1, 0.15) is 5.82 Å². The van der Waals surface area contributed by atoms with E-state index in [1.54, 1.807) is 0 Å². The van der Waals surface area contributed by atoms with E-state index >= 15 is 0 Å². The molecule has 0 radical (unpaired) electrons. The van der Waals surface area contributed by atoms with Crippen molar-refractivity contribution >= 4 is 33.4 Å². The monoisotopic (exact) mass is 341 g/mol. The van der Waals surface area contributed by atoms with Crippen LogP contribution in [-0.2, 0) is 6.54 Å². The van der Waals surface area contributed by atoms with E-state index in [1.165, 1.54) is 18.2 Å². The molecule has 0 saturated carbocycles. The molecule has 0 bridgehead atoms. The summed E-state index contributed by atoms with van der Waals surface area (Å²) in [4.78, 5) is 11.9. The van der Waals surface area contributed by atoms with Crippen LogP contribution in [0, 0.1) is 5.82 Å². The zero-order chi connectivity index (χ0) is 13.8. The summed E-state index contributed by atoms with van der Waals surface area (Å²) in [7, 11) is 0. The Bertz CT molecular complexity index is 618. The average Bonchev–Trinajstić information content (AvgIpc) is 2.39. The second kappa shape index (κ2) is 6.17. The highest BCUT2D eigenvalue weighted by Crippen LogP contribution is 2.19. The number of hydrogen-bond donors (Lipinski definition) is 1. The summed E-state index contributed by atoms with van der Waals surface area (Å²) in [5.41, 5.74) is 1.08. The Morgan fingerprint density at radius 1 is 1.26 bits per heavy atom. The number of halogens is 3. The predicted molar refractivity (Wildman–Crippen MR) is 76.7 cm³/mol. The molecule has 0 aromatic heterocycles. The largest absolute Gasteiger partial charge is 0.348 e. The minimum Gasteiger partial charge on any atom is -0.348 e. The van der Waals surface area contributed by atoms with Gasteiger partial charge in [-0.05, 0) is 29.8 Å². The molecule has 2 nitrogen and oxygen atoms in total. The van der Waals surface area contributed by atoms with Crippen LogP contribution in [0.15, 0.2) is 46.9 Å². The van der Waals surface area contributed by atoms with Crippen molar-refractivity contribution in [2.24, 2.45) is 0 Å². The van der Waals surface area contributed by atoms with Gasteiger partial charge in [-0.15, -0.1) is 0 Å².